The summed E-state index contributed by atoms with van der Waals surface area (Å²) in [5.41, 5.74) is 0.467. The van der Waals surface area contributed by atoms with Gasteiger partial charge in [-0.15, -0.1) is 6.58 Å². The average Bonchev–Trinajstić information content (AvgIpc) is 2.71. The maximum Gasteiger partial charge on any atom is 0.264 e. The molecule has 0 unspecified atom stereocenters. The van der Waals surface area contributed by atoms with E-state index in [-0.39, 0.29) is 11.4 Å². The standard InChI is InChI=1S/C19H19NO6S/c1-2-7-20(14-3-5-16-18(12-14)25-10-8-23-16)27(21,22)15-4-6-17-19(13-15)26-11-9-24-17/h2-6,12-13H,1,7-11H2. The topological polar surface area (TPSA) is 74.3 Å². The Morgan fingerprint density at radius 1 is 0.852 bits per heavy atom. The summed E-state index contributed by atoms with van der Waals surface area (Å²) in [4.78, 5) is 0.114. The lowest BCUT2D eigenvalue weighted by Gasteiger charge is -2.26. The molecule has 2 aromatic rings. The van der Waals surface area contributed by atoms with Crippen molar-refractivity contribution in [1.29, 1.82) is 0 Å². The van der Waals surface area contributed by atoms with Gasteiger partial charge in [0.25, 0.3) is 10.0 Å². The molecule has 2 aliphatic heterocycles. The second kappa shape index (κ2) is 7.03. The van der Waals surface area contributed by atoms with Crippen molar-refractivity contribution in [3.63, 3.8) is 0 Å². The van der Waals surface area contributed by atoms with Gasteiger partial charge in [-0.05, 0) is 24.3 Å². The van der Waals surface area contributed by atoms with Crippen LogP contribution in [0.25, 0.3) is 0 Å². The Morgan fingerprint density at radius 3 is 2.04 bits per heavy atom. The zero-order valence-corrected chi connectivity index (χ0v) is 15.4. The summed E-state index contributed by atoms with van der Waals surface area (Å²) in [7, 11) is -3.85. The third-order valence-electron chi connectivity index (χ3n) is 4.21. The molecule has 27 heavy (non-hydrogen) atoms. The zero-order chi connectivity index (χ0) is 18.9. The quantitative estimate of drug-likeness (QED) is 0.732. The van der Waals surface area contributed by atoms with E-state index < -0.39 is 10.0 Å². The van der Waals surface area contributed by atoms with Crippen LogP contribution in [0.4, 0.5) is 5.69 Å². The predicted octanol–water partition coefficient (Wildman–Crippen LogP) is 2.61. The third kappa shape index (κ3) is 3.28. The Morgan fingerprint density at radius 2 is 1.41 bits per heavy atom. The van der Waals surface area contributed by atoms with Gasteiger partial charge in [0, 0.05) is 12.1 Å². The minimum Gasteiger partial charge on any atom is -0.486 e. The van der Waals surface area contributed by atoms with Gasteiger partial charge in [-0.3, -0.25) is 4.31 Å². The van der Waals surface area contributed by atoms with E-state index in [4.69, 9.17) is 18.9 Å². The van der Waals surface area contributed by atoms with E-state index in [1.807, 2.05) is 0 Å². The molecule has 0 aliphatic carbocycles. The van der Waals surface area contributed by atoms with E-state index in [0.717, 1.165) is 0 Å². The summed E-state index contributed by atoms with van der Waals surface area (Å²) in [6.45, 7) is 5.51. The van der Waals surface area contributed by atoms with Gasteiger partial charge in [0.05, 0.1) is 17.1 Å². The van der Waals surface area contributed by atoms with Crippen LogP contribution in [0, 0.1) is 0 Å². The number of sulfonamides is 1. The second-order valence-corrected chi connectivity index (χ2v) is 7.82. The highest BCUT2D eigenvalue weighted by Crippen LogP contribution is 2.37. The van der Waals surface area contributed by atoms with Crippen LogP contribution in [0.3, 0.4) is 0 Å². The smallest absolute Gasteiger partial charge is 0.264 e. The van der Waals surface area contributed by atoms with Crippen LogP contribution in [0.15, 0.2) is 53.9 Å². The molecule has 0 spiro atoms. The SMILES string of the molecule is C=CCN(c1ccc2c(c1)OCCO2)S(=O)(=O)c1ccc2c(c1)OCCO2. The van der Waals surface area contributed by atoms with Crippen LogP contribution in [-0.2, 0) is 10.0 Å². The van der Waals surface area contributed by atoms with Gasteiger partial charge < -0.3 is 18.9 Å². The Bertz CT molecular complexity index is 972. The molecule has 2 heterocycles. The lowest BCUT2D eigenvalue weighted by atomic mass is 10.2. The van der Waals surface area contributed by atoms with Crippen molar-refractivity contribution in [1.82, 2.24) is 0 Å². The molecule has 8 heteroatoms. The third-order valence-corrected chi connectivity index (χ3v) is 6.00. The van der Waals surface area contributed by atoms with Gasteiger partial charge in [-0.25, -0.2) is 8.42 Å². The number of fused-ring (bicyclic) bond motifs is 2. The van der Waals surface area contributed by atoms with Gasteiger partial charge in [0.2, 0.25) is 0 Å². The summed E-state index contributed by atoms with van der Waals surface area (Å²) < 4.78 is 49.9. The number of benzene rings is 2. The monoisotopic (exact) mass is 389 g/mol. The molecule has 0 fully saturated rings. The molecule has 0 saturated heterocycles. The van der Waals surface area contributed by atoms with Crippen LogP contribution in [0.1, 0.15) is 0 Å². The lowest BCUT2D eigenvalue weighted by molar-refractivity contribution is 0.171. The number of hydrogen-bond acceptors (Lipinski definition) is 6. The highest BCUT2D eigenvalue weighted by atomic mass is 32.2. The minimum atomic E-state index is -3.85. The first-order valence-electron chi connectivity index (χ1n) is 8.52. The highest BCUT2D eigenvalue weighted by molar-refractivity contribution is 7.92. The van der Waals surface area contributed by atoms with E-state index in [1.54, 1.807) is 24.3 Å². The van der Waals surface area contributed by atoms with E-state index in [0.29, 0.717) is 55.1 Å². The molecule has 2 aliphatic rings. The van der Waals surface area contributed by atoms with Gasteiger partial charge in [-0.1, -0.05) is 6.08 Å². The number of hydrogen-bond donors (Lipinski definition) is 0. The molecule has 0 N–H and O–H groups in total. The maximum atomic E-state index is 13.3. The minimum absolute atomic E-state index is 0.108. The fourth-order valence-electron chi connectivity index (χ4n) is 2.96. The maximum absolute atomic E-state index is 13.3. The van der Waals surface area contributed by atoms with Gasteiger partial charge in [0.1, 0.15) is 26.4 Å². The highest BCUT2D eigenvalue weighted by Gasteiger charge is 2.27. The molecule has 0 bridgehead atoms. The van der Waals surface area contributed by atoms with Crippen molar-refractivity contribution in [2.24, 2.45) is 0 Å². The normalized spacial score (nSPS) is 15.1. The molecular formula is C19H19NO6S. The number of ether oxygens (including phenoxy) is 4. The first-order valence-corrected chi connectivity index (χ1v) is 9.96. The van der Waals surface area contributed by atoms with Gasteiger partial charge in [0.15, 0.2) is 23.0 Å². The molecule has 0 amide bonds. The molecule has 0 atom stereocenters. The van der Waals surface area contributed by atoms with Gasteiger partial charge in [-0.2, -0.15) is 0 Å². The molecule has 2 aromatic carbocycles. The van der Waals surface area contributed by atoms with Crippen LogP contribution < -0.4 is 23.3 Å². The summed E-state index contributed by atoms with van der Waals surface area (Å²) in [6, 6.07) is 9.66. The van der Waals surface area contributed by atoms with E-state index >= 15 is 0 Å². The van der Waals surface area contributed by atoms with Crippen molar-refractivity contribution in [3.8, 4) is 23.0 Å². The summed E-state index contributed by atoms with van der Waals surface area (Å²) in [5.74, 6) is 2.07. The van der Waals surface area contributed by atoms with Crippen LogP contribution in [-0.4, -0.2) is 41.4 Å². The summed E-state index contributed by atoms with van der Waals surface area (Å²) in [6.07, 6.45) is 1.53. The Hall–Kier alpha value is -2.87. The second-order valence-electron chi connectivity index (χ2n) is 5.96. The van der Waals surface area contributed by atoms with E-state index in [2.05, 4.69) is 6.58 Å². The molecule has 142 valence electrons. The molecular weight excluding hydrogens is 370 g/mol. The first kappa shape index (κ1) is 17.5. The Kier molecular flexibility index (Phi) is 4.57. The van der Waals surface area contributed by atoms with Crippen molar-refractivity contribution in [2.45, 2.75) is 4.90 Å². The summed E-state index contributed by atoms with van der Waals surface area (Å²) in [5, 5.41) is 0. The van der Waals surface area contributed by atoms with Crippen molar-refractivity contribution in [3.05, 3.63) is 49.1 Å². The molecule has 7 nitrogen and oxygen atoms in total. The molecule has 4 rings (SSSR count). The Labute approximate surface area is 157 Å². The number of nitrogens with zero attached hydrogens (tertiary/aromatic N) is 1. The van der Waals surface area contributed by atoms with Crippen molar-refractivity contribution in [2.75, 3.05) is 37.3 Å². The summed E-state index contributed by atoms with van der Waals surface area (Å²) >= 11 is 0. The Balaban J connectivity index is 1.73. The first-order chi connectivity index (χ1) is 13.1. The molecule has 0 saturated carbocycles. The van der Waals surface area contributed by atoms with E-state index in [1.165, 1.54) is 22.5 Å². The van der Waals surface area contributed by atoms with Crippen molar-refractivity contribution >= 4 is 15.7 Å². The lowest BCUT2D eigenvalue weighted by Crippen LogP contribution is -2.31. The van der Waals surface area contributed by atoms with Crippen LogP contribution in [0.2, 0.25) is 0 Å². The predicted molar refractivity (Wildman–Crippen MR) is 99.6 cm³/mol. The van der Waals surface area contributed by atoms with Crippen LogP contribution >= 0.6 is 0 Å². The fraction of sp³-hybridized carbons (Fsp3) is 0.263. The fourth-order valence-corrected chi connectivity index (χ4v) is 4.40. The molecule has 0 radical (unpaired) electrons. The van der Waals surface area contributed by atoms with Gasteiger partial charge >= 0.3 is 0 Å². The van der Waals surface area contributed by atoms with E-state index in [9.17, 15) is 8.42 Å². The average molecular weight is 389 g/mol. The number of anilines is 1. The van der Waals surface area contributed by atoms with Crippen molar-refractivity contribution < 1.29 is 27.4 Å². The molecule has 0 aromatic heterocycles. The number of rotatable bonds is 5. The van der Waals surface area contributed by atoms with Crippen LogP contribution in [0.5, 0.6) is 23.0 Å². The largest absolute Gasteiger partial charge is 0.486 e. The zero-order valence-electron chi connectivity index (χ0n) is 14.6.